The number of rotatable bonds is 7. The molecule has 0 atom stereocenters. The Balaban J connectivity index is 1.62. The fourth-order valence-electron chi connectivity index (χ4n) is 3.08. The number of hydrogen-bond donors (Lipinski definition) is 1. The number of alkyl halides is 3. The molecule has 0 saturated heterocycles. The van der Waals surface area contributed by atoms with Crippen LogP contribution in [0, 0.1) is 5.92 Å². The number of nitrogens with one attached hydrogen (secondary N) is 1. The van der Waals surface area contributed by atoms with Gasteiger partial charge in [-0.05, 0) is 36.6 Å². The van der Waals surface area contributed by atoms with Gasteiger partial charge in [0, 0.05) is 12.7 Å². The minimum Gasteiger partial charge on any atom is -0.452 e. The maximum atomic E-state index is 12.7. The highest BCUT2D eigenvalue weighted by Crippen LogP contribution is 2.32. The fraction of sp³-hybridized carbons (Fsp3) is 0.318. The molecular weight excluding hydrogens is 479 g/mol. The van der Waals surface area contributed by atoms with E-state index in [-0.39, 0.29) is 35.0 Å². The van der Waals surface area contributed by atoms with Crippen LogP contribution in [0.3, 0.4) is 0 Å². The number of carbonyl (C=O) groups is 4. The topological polar surface area (TPSA) is 106 Å². The van der Waals surface area contributed by atoms with Crippen LogP contribution in [0.2, 0.25) is 5.02 Å². The number of halogens is 4. The van der Waals surface area contributed by atoms with Crippen LogP contribution in [0.25, 0.3) is 0 Å². The third kappa shape index (κ3) is 5.53. The second-order valence-corrected chi connectivity index (χ2v) is 8.29. The Bertz CT molecular complexity index is 1170. The summed E-state index contributed by atoms with van der Waals surface area (Å²) in [6.07, 6.45) is -3.52. The molecule has 0 aliphatic carbocycles. The lowest BCUT2D eigenvalue weighted by Crippen LogP contribution is -2.31. The summed E-state index contributed by atoms with van der Waals surface area (Å²) in [7, 11) is 0. The van der Waals surface area contributed by atoms with Crippen molar-refractivity contribution < 1.29 is 37.1 Å². The van der Waals surface area contributed by atoms with E-state index in [0.29, 0.717) is 18.7 Å². The van der Waals surface area contributed by atoms with Gasteiger partial charge in [0.15, 0.2) is 12.4 Å². The number of esters is 1. The number of aromatic nitrogens is 1. The zero-order valence-corrected chi connectivity index (χ0v) is 18.8. The molecule has 0 saturated carbocycles. The van der Waals surface area contributed by atoms with Crippen molar-refractivity contribution in [2.45, 2.75) is 26.4 Å². The average molecular weight is 498 g/mol. The zero-order valence-electron chi connectivity index (χ0n) is 18.0. The Kier molecular flexibility index (Phi) is 7.25. The smallest absolute Gasteiger partial charge is 0.417 e. The summed E-state index contributed by atoms with van der Waals surface area (Å²) < 4.78 is 42.9. The first kappa shape index (κ1) is 25.2. The van der Waals surface area contributed by atoms with Crippen LogP contribution in [-0.4, -0.2) is 46.7 Å². The summed E-state index contributed by atoms with van der Waals surface area (Å²) in [6.45, 7) is 3.39. The number of amides is 3. The van der Waals surface area contributed by atoms with Gasteiger partial charge in [-0.1, -0.05) is 25.4 Å². The Morgan fingerprint density at radius 1 is 1.15 bits per heavy atom. The van der Waals surface area contributed by atoms with Gasteiger partial charge in [0.2, 0.25) is 0 Å². The monoisotopic (exact) mass is 497 g/mol. The van der Waals surface area contributed by atoms with E-state index in [9.17, 15) is 32.3 Å². The second-order valence-electron chi connectivity index (χ2n) is 7.88. The van der Waals surface area contributed by atoms with E-state index in [1.165, 1.54) is 18.2 Å². The third-order valence-corrected chi connectivity index (χ3v) is 5.19. The molecule has 8 nitrogen and oxygen atoms in total. The lowest BCUT2D eigenvalue weighted by Gasteiger charge is -2.14. The summed E-state index contributed by atoms with van der Waals surface area (Å²) in [6, 6.07) is 4.46. The number of anilines is 1. The standard InChI is InChI=1S/C22H19ClF3N3O5/c1-11(2)5-6-29-19(31)14-4-3-12(7-15(14)20(29)32)21(33)34-10-17(30)28-18-16(23)8-13(9-27-18)22(24,25)26/h3-4,7-9,11H,5-6,10H2,1-2H3,(H,27,28,30). The van der Waals surface area contributed by atoms with E-state index in [2.05, 4.69) is 10.3 Å². The first-order valence-corrected chi connectivity index (χ1v) is 10.5. The first-order chi connectivity index (χ1) is 15.9. The molecule has 0 bridgehead atoms. The Morgan fingerprint density at radius 2 is 1.82 bits per heavy atom. The number of benzene rings is 1. The minimum absolute atomic E-state index is 0.0518. The number of fused-ring (bicyclic) bond motifs is 1. The van der Waals surface area contributed by atoms with Gasteiger partial charge in [-0.25, -0.2) is 9.78 Å². The molecule has 1 aromatic carbocycles. The van der Waals surface area contributed by atoms with E-state index in [1.54, 1.807) is 0 Å². The van der Waals surface area contributed by atoms with Crippen molar-refractivity contribution in [1.29, 1.82) is 0 Å². The molecule has 1 aliphatic rings. The maximum absolute atomic E-state index is 12.7. The van der Waals surface area contributed by atoms with Gasteiger partial charge >= 0.3 is 12.1 Å². The molecule has 0 unspecified atom stereocenters. The second kappa shape index (κ2) is 9.80. The molecule has 0 radical (unpaired) electrons. The van der Waals surface area contributed by atoms with Gasteiger partial charge in [0.05, 0.1) is 27.3 Å². The number of carbonyl (C=O) groups excluding carboxylic acids is 4. The molecule has 1 N–H and O–H groups in total. The van der Waals surface area contributed by atoms with Crippen LogP contribution >= 0.6 is 11.6 Å². The molecule has 180 valence electrons. The molecule has 12 heteroatoms. The van der Waals surface area contributed by atoms with Gasteiger partial charge in [-0.2, -0.15) is 13.2 Å². The summed E-state index contributed by atoms with van der Waals surface area (Å²) in [4.78, 5) is 54.0. The van der Waals surface area contributed by atoms with E-state index < -0.39 is 47.1 Å². The SMILES string of the molecule is CC(C)CCN1C(=O)c2ccc(C(=O)OCC(=O)Nc3ncc(C(F)(F)F)cc3Cl)cc2C1=O. The van der Waals surface area contributed by atoms with Crippen LogP contribution in [0.4, 0.5) is 19.0 Å². The van der Waals surface area contributed by atoms with Crippen LogP contribution in [0.5, 0.6) is 0 Å². The van der Waals surface area contributed by atoms with Crippen molar-refractivity contribution in [3.8, 4) is 0 Å². The zero-order chi connectivity index (χ0) is 25.2. The summed E-state index contributed by atoms with van der Waals surface area (Å²) >= 11 is 5.72. The largest absolute Gasteiger partial charge is 0.452 e. The summed E-state index contributed by atoms with van der Waals surface area (Å²) in [5, 5.41) is 1.70. The van der Waals surface area contributed by atoms with Gasteiger partial charge < -0.3 is 10.1 Å². The summed E-state index contributed by atoms with van der Waals surface area (Å²) in [5.74, 6) is -2.84. The summed E-state index contributed by atoms with van der Waals surface area (Å²) in [5.41, 5.74) is -0.905. The van der Waals surface area contributed by atoms with Crippen molar-refractivity contribution in [2.24, 2.45) is 5.92 Å². The molecule has 2 heterocycles. The number of hydrogen-bond acceptors (Lipinski definition) is 6. The molecule has 3 rings (SSSR count). The van der Waals surface area contributed by atoms with Crippen LogP contribution < -0.4 is 5.32 Å². The Labute approximate surface area is 197 Å². The number of ether oxygens (including phenoxy) is 1. The van der Waals surface area contributed by atoms with Gasteiger partial charge in [-0.15, -0.1) is 0 Å². The molecule has 1 aliphatic heterocycles. The molecule has 3 amide bonds. The highest BCUT2D eigenvalue weighted by molar-refractivity contribution is 6.33. The highest BCUT2D eigenvalue weighted by Gasteiger charge is 2.36. The number of nitrogens with zero attached hydrogens (tertiary/aromatic N) is 2. The van der Waals surface area contributed by atoms with E-state index >= 15 is 0 Å². The van der Waals surface area contributed by atoms with Crippen LogP contribution in [0.1, 0.15) is 56.9 Å². The molecule has 0 fully saturated rings. The average Bonchev–Trinajstić information content (AvgIpc) is 3.00. The van der Waals surface area contributed by atoms with Gasteiger partial charge in [-0.3, -0.25) is 19.3 Å². The van der Waals surface area contributed by atoms with Crippen molar-refractivity contribution in [3.63, 3.8) is 0 Å². The molecule has 2 aromatic rings. The minimum atomic E-state index is -4.65. The lowest BCUT2D eigenvalue weighted by atomic mass is 10.1. The van der Waals surface area contributed by atoms with E-state index in [4.69, 9.17) is 16.3 Å². The molecular formula is C22H19ClF3N3O5. The van der Waals surface area contributed by atoms with Crippen LogP contribution in [0.15, 0.2) is 30.5 Å². The fourth-order valence-corrected chi connectivity index (χ4v) is 3.29. The Hall–Kier alpha value is -3.47. The maximum Gasteiger partial charge on any atom is 0.417 e. The van der Waals surface area contributed by atoms with Gasteiger partial charge in [0.1, 0.15) is 0 Å². The van der Waals surface area contributed by atoms with Crippen molar-refractivity contribution in [3.05, 3.63) is 57.7 Å². The van der Waals surface area contributed by atoms with Crippen molar-refractivity contribution >= 4 is 41.1 Å². The predicted octanol–water partition coefficient (Wildman–Crippen LogP) is 4.19. The highest BCUT2D eigenvalue weighted by atomic mass is 35.5. The van der Waals surface area contributed by atoms with Crippen molar-refractivity contribution in [2.75, 3.05) is 18.5 Å². The van der Waals surface area contributed by atoms with E-state index in [1.807, 2.05) is 13.8 Å². The first-order valence-electron chi connectivity index (χ1n) is 10.1. The normalized spacial score (nSPS) is 13.3. The predicted molar refractivity (Wildman–Crippen MR) is 114 cm³/mol. The van der Waals surface area contributed by atoms with Gasteiger partial charge in [0.25, 0.3) is 17.7 Å². The number of imide groups is 1. The van der Waals surface area contributed by atoms with Crippen LogP contribution in [-0.2, 0) is 15.7 Å². The molecule has 1 aromatic heterocycles. The molecule has 34 heavy (non-hydrogen) atoms. The Morgan fingerprint density at radius 3 is 2.44 bits per heavy atom. The van der Waals surface area contributed by atoms with Crippen molar-refractivity contribution in [1.82, 2.24) is 9.88 Å². The lowest BCUT2D eigenvalue weighted by molar-refractivity contribution is -0.137. The van der Waals surface area contributed by atoms with E-state index in [0.717, 1.165) is 4.90 Å². The quantitative estimate of drug-likeness (QED) is 0.454. The number of pyridine rings is 1. The third-order valence-electron chi connectivity index (χ3n) is 4.90. The molecule has 0 spiro atoms.